The molecule has 2 N–H and O–H groups in total. The van der Waals surface area contributed by atoms with Crippen LogP contribution in [0.2, 0.25) is 0 Å². The molecule has 0 radical (unpaired) electrons. The van der Waals surface area contributed by atoms with Crippen molar-refractivity contribution in [2.75, 3.05) is 0 Å². The third kappa shape index (κ3) is 2.11. The summed E-state index contributed by atoms with van der Waals surface area (Å²) in [5.41, 5.74) is 8.23. The van der Waals surface area contributed by atoms with E-state index in [0.29, 0.717) is 18.7 Å². The molecule has 0 fully saturated rings. The van der Waals surface area contributed by atoms with Gasteiger partial charge in [-0.3, -0.25) is 0 Å². The lowest BCUT2D eigenvalue weighted by molar-refractivity contribution is 0.597. The van der Waals surface area contributed by atoms with Crippen molar-refractivity contribution in [1.82, 2.24) is 9.55 Å². The summed E-state index contributed by atoms with van der Waals surface area (Å²) in [6, 6.07) is 14.6. The SMILES string of the molecule is NCc1nc2ccccc2n1Cc1ccccc1F. The molecule has 0 spiro atoms. The molecule has 1 heterocycles. The van der Waals surface area contributed by atoms with Crippen LogP contribution in [0.5, 0.6) is 0 Å². The van der Waals surface area contributed by atoms with Gasteiger partial charge in [-0.05, 0) is 18.2 Å². The zero-order chi connectivity index (χ0) is 13.2. The van der Waals surface area contributed by atoms with Crippen LogP contribution in [-0.2, 0) is 13.1 Å². The molecule has 3 aromatic rings. The van der Waals surface area contributed by atoms with Crippen LogP contribution in [0.15, 0.2) is 48.5 Å². The standard InChI is InChI=1S/C15H14FN3/c16-12-6-2-1-5-11(12)10-19-14-8-4-3-7-13(14)18-15(19)9-17/h1-8H,9-10,17H2. The van der Waals surface area contributed by atoms with Gasteiger partial charge in [0.05, 0.1) is 24.1 Å². The number of hydrogen-bond acceptors (Lipinski definition) is 2. The Balaban J connectivity index is 2.12. The van der Waals surface area contributed by atoms with E-state index < -0.39 is 0 Å². The fourth-order valence-corrected chi connectivity index (χ4v) is 2.25. The fraction of sp³-hybridized carbons (Fsp3) is 0.133. The number of para-hydroxylation sites is 2. The number of fused-ring (bicyclic) bond motifs is 1. The number of rotatable bonds is 3. The summed E-state index contributed by atoms with van der Waals surface area (Å²) >= 11 is 0. The van der Waals surface area contributed by atoms with Crippen molar-refractivity contribution < 1.29 is 4.39 Å². The van der Waals surface area contributed by atoms with Gasteiger partial charge in [0, 0.05) is 5.56 Å². The quantitative estimate of drug-likeness (QED) is 0.782. The summed E-state index contributed by atoms with van der Waals surface area (Å²) < 4.78 is 15.7. The first-order valence-electron chi connectivity index (χ1n) is 6.17. The van der Waals surface area contributed by atoms with Crippen molar-refractivity contribution in [2.24, 2.45) is 5.73 Å². The van der Waals surface area contributed by atoms with Crippen molar-refractivity contribution in [2.45, 2.75) is 13.1 Å². The monoisotopic (exact) mass is 255 g/mol. The first-order valence-corrected chi connectivity index (χ1v) is 6.17. The highest BCUT2D eigenvalue weighted by Gasteiger charge is 2.10. The summed E-state index contributed by atoms with van der Waals surface area (Å²) in [7, 11) is 0. The van der Waals surface area contributed by atoms with Crippen molar-refractivity contribution in [3.63, 3.8) is 0 Å². The summed E-state index contributed by atoms with van der Waals surface area (Å²) in [4.78, 5) is 4.47. The number of nitrogens with two attached hydrogens (primary N) is 1. The number of aromatic nitrogens is 2. The third-order valence-corrected chi connectivity index (χ3v) is 3.20. The Kier molecular flexibility index (Phi) is 3.01. The smallest absolute Gasteiger partial charge is 0.128 e. The Bertz CT molecular complexity index is 718. The first-order chi connectivity index (χ1) is 9.29. The van der Waals surface area contributed by atoms with Gasteiger partial charge in [-0.15, -0.1) is 0 Å². The number of nitrogens with zero attached hydrogens (tertiary/aromatic N) is 2. The van der Waals surface area contributed by atoms with Crippen LogP contribution >= 0.6 is 0 Å². The van der Waals surface area contributed by atoms with Crippen molar-refractivity contribution in [3.8, 4) is 0 Å². The number of halogens is 1. The average Bonchev–Trinajstić information content (AvgIpc) is 2.79. The van der Waals surface area contributed by atoms with E-state index >= 15 is 0 Å². The van der Waals surface area contributed by atoms with Crippen molar-refractivity contribution in [1.29, 1.82) is 0 Å². The van der Waals surface area contributed by atoms with Gasteiger partial charge >= 0.3 is 0 Å². The van der Waals surface area contributed by atoms with E-state index in [1.165, 1.54) is 6.07 Å². The molecule has 0 unspecified atom stereocenters. The predicted octanol–water partition coefficient (Wildman–Crippen LogP) is 2.68. The van der Waals surface area contributed by atoms with Gasteiger partial charge in [0.2, 0.25) is 0 Å². The lowest BCUT2D eigenvalue weighted by Crippen LogP contribution is -2.10. The maximum absolute atomic E-state index is 13.8. The van der Waals surface area contributed by atoms with E-state index in [-0.39, 0.29) is 5.82 Å². The maximum Gasteiger partial charge on any atom is 0.128 e. The molecule has 0 aliphatic rings. The predicted molar refractivity (Wildman–Crippen MR) is 73.1 cm³/mol. The second-order valence-corrected chi connectivity index (χ2v) is 4.40. The summed E-state index contributed by atoms with van der Waals surface area (Å²) in [6.07, 6.45) is 0. The minimum absolute atomic E-state index is 0.205. The molecule has 0 bridgehead atoms. The molecule has 0 saturated carbocycles. The Morgan fingerprint density at radius 2 is 1.79 bits per heavy atom. The molecule has 96 valence electrons. The van der Waals surface area contributed by atoms with Gasteiger partial charge in [0.25, 0.3) is 0 Å². The van der Waals surface area contributed by atoms with Gasteiger partial charge in [-0.1, -0.05) is 30.3 Å². The molecule has 0 saturated heterocycles. The normalized spacial score (nSPS) is 11.1. The zero-order valence-corrected chi connectivity index (χ0v) is 10.4. The highest BCUT2D eigenvalue weighted by molar-refractivity contribution is 5.76. The molecule has 3 rings (SSSR count). The van der Waals surface area contributed by atoms with E-state index in [1.54, 1.807) is 12.1 Å². The minimum atomic E-state index is -0.205. The van der Waals surface area contributed by atoms with Crippen LogP contribution in [0.1, 0.15) is 11.4 Å². The van der Waals surface area contributed by atoms with E-state index in [1.807, 2.05) is 34.9 Å². The number of benzene rings is 2. The van der Waals surface area contributed by atoms with Crippen LogP contribution in [0.25, 0.3) is 11.0 Å². The molecule has 3 nitrogen and oxygen atoms in total. The first kappa shape index (κ1) is 11.9. The van der Waals surface area contributed by atoms with E-state index in [9.17, 15) is 4.39 Å². The average molecular weight is 255 g/mol. The van der Waals surface area contributed by atoms with Gasteiger partial charge in [-0.25, -0.2) is 9.37 Å². The molecule has 4 heteroatoms. The van der Waals surface area contributed by atoms with Crippen LogP contribution in [-0.4, -0.2) is 9.55 Å². The second-order valence-electron chi connectivity index (χ2n) is 4.40. The third-order valence-electron chi connectivity index (χ3n) is 3.20. The van der Waals surface area contributed by atoms with E-state index in [2.05, 4.69) is 4.98 Å². The topological polar surface area (TPSA) is 43.8 Å². The largest absolute Gasteiger partial charge is 0.324 e. The Morgan fingerprint density at radius 3 is 2.58 bits per heavy atom. The molecule has 19 heavy (non-hydrogen) atoms. The van der Waals surface area contributed by atoms with Crippen LogP contribution in [0.4, 0.5) is 4.39 Å². The second kappa shape index (κ2) is 4.82. The number of hydrogen-bond donors (Lipinski definition) is 1. The molecule has 0 atom stereocenters. The van der Waals surface area contributed by atoms with E-state index in [0.717, 1.165) is 16.9 Å². The molecular weight excluding hydrogens is 241 g/mol. The summed E-state index contributed by atoms with van der Waals surface area (Å²) in [5, 5.41) is 0. The van der Waals surface area contributed by atoms with Gasteiger partial charge in [-0.2, -0.15) is 0 Å². The summed E-state index contributed by atoms with van der Waals surface area (Å²) in [6.45, 7) is 0.781. The van der Waals surface area contributed by atoms with Crippen molar-refractivity contribution >= 4 is 11.0 Å². The highest BCUT2D eigenvalue weighted by Crippen LogP contribution is 2.18. The molecule has 0 aliphatic carbocycles. The van der Waals surface area contributed by atoms with Crippen molar-refractivity contribution in [3.05, 3.63) is 65.7 Å². The Morgan fingerprint density at radius 1 is 1.05 bits per heavy atom. The lowest BCUT2D eigenvalue weighted by Gasteiger charge is -2.09. The van der Waals surface area contributed by atoms with Gasteiger partial charge in [0.15, 0.2) is 0 Å². The Labute approximate surface area is 110 Å². The molecule has 0 amide bonds. The lowest BCUT2D eigenvalue weighted by atomic mass is 10.2. The van der Waals surface area contributed by atoms with E-state index in [4.69, 9.17) is 5.73 Å². The van der Waals surface area contributed by atoms with Crippen LogP contribution in [0.3, 0.4) is 0 Å². The molecular formula is C15H14FN3. The maximum atomic E-state index is 13.8. The fourth-order valence-electron chi connectivity index (χ4n) is 2.25. The van der Waals surface area contributed by atoms with Crippen LogP contribution < -0.4 is 5.73 Å². The Hall–Kier alpha value is -2.20. The van der Waals surface area contributed by atoms with Gasteiger partial charge in [0.1, 0.15) is 11.6 Å². The minimum Gasteiger partial charge on any atom is -0.324 e. The summed E-state index contributed by atoms with van der Waals surface area (Å²) in [5.74, 6) is 0.563. The highest BCUT2D eigenvalue weighted by atomic mass is 19.1. The van der Waals surface area contributed by atoms with Crippen LogP contribution in [0, 0.1) is 5.82 Å². The zero-order valence-electron chi connectivity index (χ0n) is 10.4. The molecule has 2 aromatic carbocycles. The van der Waals surface area contributed by atoms with Gasteiger partial charge < -0.3 is 10.3 Å². The molecule has 0 aliphatic heterocycles. The number of imidazole rings is 1. The molecule has 1 aromatic heterocycles.